The van der Waals surface area contributed by atoms with Gasteiger partial charge in [0, 0.05) is 21.7 Å². The van der Waals surface area contributed by atoms with Crippen molar-refractivity contribution in [2.24, 2.45) is 0 Å². The number of aryl methyl sites for hydroxylation is 1. The van der Waals surface area contributed by atoms with Gasteiger partial charge >= 0.3 is 23.8 Å². The van der Waals surface area contributed by atoms with Crippen LogP contribution in [0.5, 0.6) is 0 Å². The van der Waals surface area contributed by atoms with Crippen LogP contribution >= 0.6 is 38.6 Å². The van der Waals surface area contributed by atoms with Gasteiger partial charge in [-0.25, -0.2) is 23.9 Å². The lowest BCUT2D eigenvalue weighted by Crippen LogP contribution is -2.14. The summed E-state index contributed by atoms with van der Waals surface area (Å²) >= 11 is 5.63. The van der Waals surface area contributed by atoms with Crippen LogP contribution in [0.3, 0.4) is 0 Å². The zero-order chi connectivity index (χ0) is 39.2. The van der Waals surface area contributed by atoms with E-state index in [0.717, 1.165) is 32.7 Å². The number of hydrogen-bond acceptors (Lipinski definition) is 10. The number of carbonyl (C=O) groups is 4. The first-order valence-corrected chi connectivity index (χ1v) is 19.1. The van der Waals surface area contributed by atoms with Crippen LogP contribution in [0, 0.1) is 12.7 Å². The zero-order valence-corrected chi connectivity index (χ0v) is 31.9. The Morgan fingerprint density at radius 3 is 1.96 bits per heavy atom. The van der Waals surface area contributed by atoms with E-state index in [-0.39, 0.29) is 51.5 Å². The summed E-state index contributed by atoms with van der Waals surface area (Å²) in [6.07, 6.45) is 0.0840. The number of oxazole rings is 2. The molecule has 0 aliphatic carbocycles. The number of hydrogen-bond donors (Lipinski definition) is 4. The van der Waals surface area contributed by atoms with Crippen LogP contribution in [0.25, 0.3) is 43.1 Å². The number of nitrogens with zero attached hydrogens (tertiary/aromatic N) is 2. The summed E-state index contributed by atoms with van der Waals surface area (Å²) in [6.45, 7) is 1.84. The van der Waals surface area contributed by atoms with E-state index in [4.69, 9.17) is 8.83 Å². The van der Waals surface area contributed by atoms with Crippen molar-refractivity contribution in [2.45, 2.75) is 13.3 Å². The molecule has 0 aliphatic heterocycles. The van der Waals surface area contributed by atoms with E-state index < -0.39 is 35.5 Å². The van der Waals surface area contributed by atoms with Crippen molar-refractivity contribution < 1.29 is 42.6 Å². The molecule has 0 unspecified atom stereocenters. The molecule has 278 valence electrons. The Kier molecular flexibility index (Phi) is 9.53. The fraction of sp³-hybridized carbons (Fsp3) is 0.0500. The smallest absolute Gasteiger partial charge is 0.339 e. The molecular formula is C40H24BrFN4O8S2. The molecule has 0 atom stereocenters. The molecule has 4 heterocycles. The number of nitrogens with one attached hydrogen (secondary N) is 2. The summed E-state index contributed by atoms with van der Waals surface area (Å²) < 4.78 is 28.0. The highest BCUT2D eigenvalue weighted by molar-refractivity contribution is 9.10. The summed E-state index contributed by atoms with van der Waals surface area (Å²) in [6, 6.07) is 22.2. The second kappa shape index (κ2) is 14.6. The van der Waals surface area contributed by atoms with E-state index in [1.165, 1.54) is 22.9 Å². The predicted octanol–water partition coefficient (Wildman–Crippen LogP) is 10.1. The number of aromatic nitrogens is 2. The SMILES string of the molecule is Cc1ccc(-c2scc(NC(=O)c3nc4ccccc4o3)c2C(=O)O)cc1Cc1ccc2oc(C(=O)Nc3csc(-c4ccc(Br)cc4)c3C(=O)O)nc2c1F. The highest BCUT2D eigenvalue weighted by Crippen LogP contribution is 2.39. The third kappa shape index (κ3) is 6.85. The number of benzene rings is 4. The van der Waals surface area contributed by atoms with Gasteiger partial charge < -0.3 is 29.7 Å². The third-order valence-electron chi connectivity index (χ3n) is 8.87. The lowest BCUT2D eigenvalue weighted by molar-refractivity contribution is 0.0688. The lowest BCUT2D eigenvalue weighted by atomic mass is 9.96. The molecule has 4 aromatic heterocycles. The Morgan fingerprint density at radius 2 is 1.32 bits per heavy atom. The molecule has 56 heavy (non-hydrogen) atoms. The number of carboxylic acids is 2. The number of aromatic carboxylic acids is 2. The number of rotatable bonds is 10. The standard InChI is InChI=1S/C40H24BrFN4O8S2/c1-18-6-7-21(34-30(40(51)52)26(17-56-34)43-35(47)37-45-24-4-2-3-5-27(24)53-37)15-22(18)14-20-10-13-28-32(31(20)42)46-38(54-28)36(48)44-25-16-55-33(29(25)39(49)50)19-8-11-23(41)12-9-19/h2-13,15-17H,14H2,1H3,(H,43,47)(H,44,48)(H,49,50)(H,51,52). The molecule has 0 fully saturated rings. The Labute approximate surface area is 331 Å². The number of anilines is 2. The molecular weight excluding hydrogens is 827 g/mol. The second-order valence-corrected chi connectivity index (χ2v) is 15.1. The van der Waals surface area contributed by atoms with E-state index in [1.807, 2.05) is 6.92 Å². The Bertz CT molecular complexity index is 2860. The summed E-state index contributed by atoms with van der Waals surface area (Å²) in [5.41, 5.74) is 3.51. The van der Waals surface area contributed by atoms with Crippen LogP contribution in [-0.4, -0.2) is 43.9 Å². The number of halogens is 2. The van der Waals surface area contributed by atoms with Crippen LogP contribution < -0.4 is 10.6 Å². The minimum absolute atomic E-state index is 0.0123. The molecule has 8 aromatic rings. The van der Waals surface area contributed by atoms with Crippen molar-refractivity contribution in [1.82, 2.24) is 9.97 Å². The maximum atomic E-state index is 16.0. The van der Waals surface area contributed by atoms with Crippen LogP contribution in [0.4, 0.5) is 15.8 Å². The van der Waals surface area contributed by atoms with Crippen LogP contribution in [0.1, 0.15) is 58.8 Å². The van der Waals surface area contributed by atoms with Gasteiger partial charge in [0.1, 0.15) is 22.2 Å². The average Bonchev–Trinajstić information content (AvgIpc) is 3.99. The largest absolute Gasteiger partial charge is 0.478 e. The van der Waals surface area contributed by atoms with Gasteiger partial charge in [-0.1, -0.05) is 58.4 Å². The first-order valence-electron chi connectivity index (χ1n) is 16.6. The summed E-state index contributed by atoms with van der Waals surface area (Å²) in [5, 5.41) is 28.4. The zero-order valence-electron chi connectivity index (χ0n) is 28.7. The van der Waals surface area contributed by atoms with Crippen molar-refractivity contribution in [3.63, 3.8) is 0 Å². The molecule has 4 aromatic carbocycles. The van der Waals surface area contributed by atoms with E-state index in [9.17, 15) is 29.4 Å². The first-order chi connectivity index (χ1) is 26.9. The van der Waals surface area contributed by atoms with Crippen LogP contribution in [-0.2, 0) is 6.42 Å². The molecule has 16 heteroatoms. The molecule has 0 spiro atoms. The second-order valence-electron chi connectivity index (χ2n) is 12.4. The highest BCUT2D eigenvalue weighted by atomic mass is 79.9. The summed E-state index contributed by atoms with van der Waals surface area (Å²) in [5.74, 6) is -5.47. The number of carbonyl (C=O) groups excluding carboxylic acids is 2. The monoisotopic (exact) mass is 850 g/mol. The van der Waals surface area contributed by atoms with Crippen molar-refractivity contribution >= 4 is 95.9 Å². The van der Waals surface area contributed by atoms with Crippen LogP contribution in [0.2, 0.25) is 0 Å². The van der Waals surface area contributed by atoms with Gasteiger partial charge in [0.15, 0.2) is 17.0 Å². The Balaban J connectivity index is 1.04. The molecule has 12 nitrogen and oxygen atoms in total. The van der Waals surface area contributed by atoms with E-state index in [1.54, 1.807) is 66.7 Å². The van der Waals surface area contributed by atoms with Gasteiger partial charge in [0.2, 0.25) is 0 Å². The topological polar surface area (TPSA) is 185 Å². The molecule has 0 saturated heterocycles. The van der Waals surface area contributed by atoms with E-state index in [2.05, 4.69) is 36.5 Å². The van der Waals surface area contributed by atoms with Gasteiger partial charge in [-0.2, -0.15) is 0 Å². The van der Waals surface area contributed by atoms with Gasteiger partial charge in [-0.05, 0) is 71.1 Å². The lowest BCUT2D eigenvalue weighted by Gasteiger charge is -2.11. The van der Waals surface area contributed by atoms with Crippen molar-refractivity contribution in [3.8, 4) is 20.9 Å². The Morgan fingerprint density at radius 1 is 0.732 bits per heavy atom. The molecule has 2 amide bonds. The highest BCUT2D eigenvalue weighted by Gasteiger charge is 2.26. The van der Waals surface area contributed by atoms with E-state index >= 15 is 4.39 Å². The van der Waals surface area contributed by atoms with Crippen molar-refractivity contribution in [1.29, 1.82) is 0 Å². The number of carboxylic acid groups (broad SMARTS) is 2. The Hall–Kier alpha value is -6.49. The fourth-order valence-electron chi connectivity index (χ4n) is 6.12. The van der Waals surface area contributed by atoms with Gasteiger partial charge in [-0.3, -0.25) is 9.59 Å². The predicted molar refractivity (Wildman–Crippen MR) is 213 cm³/mol. The van der Waals surface area contributed by atoms with Gasteiger partial charge in [-0.15, -0.1) is 22.7 Å². The third-order valence-corrected chi connectivity index (χ3v) is 11.5. The summed E-state index contributed by atoms with van der Waals surface area (Å²) in [7, 11) is 0. The average molecular weight is 852 g/mol. The van der Waals surface area contributed by atoms with Gasteiger partial charge in [0.05, 0.1) is 21.1 Å². The molecule has 0 saturated carbocycles. The minimum Gasteiger partial charge on any atom is -0.478 e. The number of amides is 2. The molecule has 0 bridgehead atoms. The molecule has 0 aliphatic rings. The number of para-hydroxylation sites is 2. The minimum atomic E-state index is -1.26. The number of fused-ring (bicyclic) bond motifs is 2. The normalized spacial score (nSPS) is 11.3. The first kappa shape index (κ1) is 36.5. The number of thiophene rings is 2. The van der Waals surface area contributed by atoms with Crippen molar-refractivity contribution in [2.75, 3.05) is 10.6 Å². The van der Waals surface area contributed by atoms with Crippen molar-refractivity contribution in [3.05, 3.63) is 140 Å². The van der Waals surface area contributed by atoms with Crippen LogP contribution in [0.15, 0.2) is 103 Å². The maximum Gasteiger partial charge on any atom is 0.339 e. The quantitative estimate of drug-likeness (QED) is 0.103. The molecule has 4 N–H and O–H groups in total. The fourth-order valence-corrected chi connectivity index (χ4v) is 8.37. The van der Waals surface area contributed by atoms with E-state index in [0.29, 0.717) is 37.5 Å². The molecule has 8 rings (SSSR count). The molecule has 0 radical (unpaired) electrons. The summed E-state index contributed by atoms with van der Waals surface area (Å²) in [4.78, 5) is 60.1. The maximum absolute atomic E-state index is 16.0. The van der Waals surface area contributed by atoms with Gasteiger partial charge in [0.25, 0.3) is 11.8 Å².